The fourth-order valence-corrected chi connectivity index (χ4v) is 2.24. The number of hydrogen-bond acceptors (Lipinski definition) is 4. The Hall–Kier alpha value is -1.86. The summed E-state index contributed by atoms with van der Waals surface area (Å²) in [7, 11) is -0.575. The first kappa shape index (κ1) is 17.5. The summed E-state index contributed by atoms with van der Waals surface area (Å²) in [4.78, 5) is 23.4. The van der Waals surface area contributed by atoms with Gasteiger partial charge in [0.05, 0.1) is 11.2 Å². The number of primary amides is 1. The summed E-state index contributed by atoms with van der Waals surface area (Å²) in [6.45, 7) is 11.1. The lowest BCUT2D eigenvalue weighted by molar-refractivity contribution is -0.114. The third kappa shape index (κ3) is 3.11. The van der Waals surface area contributed by atoms with Gasteiger partial charge in [-0.05, 0) is 47.0 Å². The van der Waals surface area contributed by atoms with E-state index in [1.807, 2.05) is 27.7 Å². The zero-order valence-corrected chi connectivity index (χ0v) is 14.5. The minimum atomic E-state index is -0.575. The van der Waals surface area contributed by atoms with Crippen LogP contribution in [0.4, 0.5) is 0 Å². The molecule has 1 fully saturated rings. The molecule has 1 saturated heterocycles. The van der Waals surface area contributed by atoms with Crippen molar-refractivity contribution >= 4 is 24.2 Å². The van der Waals surface area contributed by atoms with Gasteiger partial charge in [-0.25, -0.2) is 0 Å². The average molecular weight is 318 g/mol. The van der Waals surface area contributed by atoms with Gasteiger partial charge < -0.3 is 15.0 Å². The third-order valence-electron chi connectivity index (χ3n) is 4.73. The molecule has 7 heteroatoms. The van der Waals surface area contributed by atoms with Gasteiger partial charge in [0.25, 0.3) is 5.56 Å². The maximum atomic E-state index is 12.1. The largest absolute Gasteiger partial charge is 0.496 e. The van der Waals surface area contributed by atoms with Crippen LogP contribution < -0.4 is 16.8 Å². The summed E-state index contributed by atoms with van der Waals surface area (Å²) in [6.07, 6.45) is 1.63. The molecule has 0 spiro atoms. The number of carbonyl (C=O) groups is 1. The highest BCUT2D eigenvalue weighted by Gasteiger charge is 2.51. The molecule has 1 amide bonds. The van der Waals surface area contributed by atoms with E-state index in [2.05, 4.69) is 0 Å². The number of hydrogen-bond donors (Lipinski definition) is 1. The van der Waals surface area contributed by atoms with E-state index in [1.165, 1.54) is 10.6 Å². The molecule has 0 aliphatic carbocycles. The predicted molar refractivity (Wildman–Crippen MR) is 90.2 cm³/mol. The minimum Gasteiger partial charge on any atom is -0.399 e. The Morgan fingerprint density at radius 3 is 2.13 bits per heavy atom. The molecule has 1 aliphatic heterocycles. The number of pyridine rings is 1. The SMILES string of the molecule is CC(C(N)=O)=C(C)n1cc(B2OC(C)(C)C(C)(C)O2)ccc1=O. The second-order valence-corrected chi connectivity index (χ2v) is 6.83. The zero-order valence-electron chi connectivity index (χ0n) is 14.5. The molecule has 124 valence electrons. The molecule has 0 radical (unpaired) electrons. The number of aromatic nitrogens is 1. The highest BCUT2D eigenvalue weighted by atomic mass is 16.7. The van der Waals surface area contributed by atoms with Crippen LogP contribution in [-0.4, -0.2) is 28.8 Å². The highest BCUT2D eigenvalue weighted by molar-refractivity contribution is 6.62. The predicted octanol–water partition coefficient (Wildman–Crippen LogP) is 0.884. The lowest BCUT2D eigenvalue weighted by Crippen LogP contribution is -2.41. The Balaban J connectivity index is 2.46. The summed E-state index contributed by atoms with van der Waals surface area (Å²) in [5, 5.41) is 0. The van der Waals surface area contributed by atoms with E-state index in [9.17, 15) is 9.59 Å². The van der Waals surface area contributed by atoms with Gasteiger partial charge >= 0.3 is 7.12 Å². The van der Waals surface area contributed by atoms with Crippen molar-refractivity contribution in [3.8, 4) is 0 Å². The van der Waals surface area contributed by atoms with Gasteiger partial charge in [-0.3, -0.25) is 14.2 Å². The maximum absolute atomic E-state index is 12.1. The minimum absolute atomic E-state index is 0.247. The van der Waals surface area contributed by atoms with Gasteiger partial charge in [-0.2, -0.15) is 0 Å². The number of allylic oxidation sites excluding steroid dienone is 1. The number of amides is 1. The van der Waals surface area contributed by atoms with Crippen LogP contribution in [0.1, 0.15) is 41.5 Å². The first-order chi connectivity index (χ1) is 10.5. The van der Waals surface area contributed by atoms with Crippen molar-refractivity contribution in [3.05, 3.63) is 34.3 Å². The third-order valence-corrected chi connectivity index (χ3v) is 4.73. The first-order valence-corrected chi connectivity index (χ1v) is 7.52. The van der Waals surface area contributed by atoms with E-state index >= 15 is 0 Å². The van der Waals surface area contributed by atoms with Gasteiger partial charge in [0.2, 0.25) is 5.91 Å². The van der Waals surface area contributed by atoms with E-state index in [0.29, 0.717) is 16.7 Å². The van der Waals surface area contributed by atoms with Crippen LogP contribution in [0.25, 0.3) is 5.70 Å². The second-order valence-electron chi connectivity index (χ2n) is 6.83. The molecule has 0 atom stereocenters. The maximum Gasteiger partial charge on any atom is 0.496 e. The van der Waals surface area contributed by atoms with E-state index in [1.54, 1.807) is 26.1 Å². The number of nitrogens with two attached hydrogens (primary N) is 1. The zero-order chi connectivity index (χ0) is 17.6. The molecule has 2 rings (SSSR count). The van der Waals surface area contributed by atoms with E-state index in [4.69, 9.17) is 15.0 Å². The van der Waals surface area contributed by atoms with Gasteiger partial charge in [0.1, 0.15) is 0 Å². The molecular weight excluding hydrogens is 295 g/mol. The Morgan fingerprint density at radius 2 is 1.65 bits per heavy atom. The summed E-state index contributed by atoms with van der Waals surface area (Å²) >= 11 is 0. The molecular formula is C16H23BN2O4. The summed E-state index contributed by atoms with van der Waals surface area (Å²) < 4.78 is 13.4. The van der Waals surface area contributed by atoms with Gasteiger partial charge in [-0.1, -0.05) is 6.07 Å². The molecule has 6 nitrogen and oxygen atoms in total. The Labute approximate surface area is 136 Å². The van der Waals surface area contributed by atoms with Crippen LogP contribution in [0.15, 0.2) is 28.7 Å². The average Bonchev–Trinajstić information content (AvgIpc) is 2.66. The molecule has 0 bridgehead atoms. The molecule has 0 unspecified atom stereocenters. The number of rotatable bonds is 3. The lowest BCUT2D eigenvalue weighted by atomic mass is 9.80. The van der Waals surface area contributed by atoms with Crippen LogP contribution in [0.2, 0.25) is 0 Å². The van der Waals surface area contributed by atoms with Crippen molar-refractivity contribution in [2.24, 2.45) is 5.73 Å². The Bertz CT molecular complexity index is 718. The fourth-order valence-electron chi connectivity index (χ4n) is 2.24. The Morgan fingerprint density at radius 1 is 1.13 bits per heavy atom. The molecule has 23 heavy (non-hydrogen) atoms. The van der Waals surface area contributed by atoms with E-state index < -0.39 is 24.2 Å². The van der Waals surface area contributed by atoms with Gasteiger partial charge in [-0.15, -0.1) is 0 Å². The number of nitrogens with zero attached hydrogens (tertiary/aromatic N) is 1. The van der Waals surface area contributed by atoms with Crippen molar-refractivity contribution in [2.45, 2.75) is 52.7 Å². The first-order valence-electron chi connectivity index (χ1n) is 7.52. The van der Waals surface area contributed by atoms with Crippen molar-refractivity contribution in [1.29, 1.82) is 0 Å². The highest BCUT2D eigenvalue weighted by Crippen LogP contribution is 2.36. The van der Waals surface area contributed by atoms with Crippen LogP contribution >= 0.6 is 0 Å². The van der Waals surface area contributed by atoms with Gasteiger partial charge in [0, 0.05) is 23.5 Å². The van der Waals surface area contributed by atoms with Crippen molar-refractivity contribution in [2.75, 3.05) is 0 Å². The molecule has 1 aromatic rings. The van der Waals surface area contributed by atoms with Gasteiger partial charge in [0.15, 0.2) is 0 Å². The van der Waals surface area contributed by atoms with Crippen LogP contribution in [0.5, 0.6) is 0 Å². The topological polar surface area (TPSA) is 83.6 Å². The molecule has 0 saturated carbocycles. The lowest BCUT2D eigenvalue weighted by Gasteiger charge is -2.32. The summed E-state index contributed by atoms with van der Waals surface area (Å²) in [6, 6.07) is 3.10. The molecule has 2 N–H and O–H groups in total. The van der Waals surface area contributed by atoms with Crippen LogP contribution in [0.3, 0.4) is 0 Å². The van der Waals surface area contributed by atoms with Crippen molar-refractivity contribution in [3.63, 3.8) is 0 Å². The normalized spacial score (nSPS) is 20.3. The number of carbonyl (C=O) groups excluding carboxylic acids is 1. The van der Waals surface area contributed by atoms with Crippen LogP contribution in [-0.2, 0) is 14.1 Å². The molecule has 0 aromatic carbocycles. The second kappa shape index (κ2) is 5.65. The summed E-state index contributed by atoms with van der Waals surface area (Å²) in [5.74, 6) is -0.560. The Kier molecular flexibility index (Phi) is 4.30. The van der Waals surface area contributed by atoms with Crippen molar-refractivity contribution in [1.82, 2.24) is 4.57 Å². The molecule has 2 heterocycles. The molecule has 1 aromatic heterocycles. The quantitative estimate of drug-likeness (QED) is 0.662. The van der Waals surface area contributed by atoms with E-state index in [0.717, 1.165) is 0 Å². The van der Waals surface area contributed by atoms with Crippen molar-refractivity contribution < 1.29 is 14.1 Å². The fraction of sp³-hybridized carbons (Fsp3) is 0.500. The van der Waals surface area contributed by atoms with Crippen LogP contribution in [0, 0.1) is 0 Å². The summed E-state index contributed by atoms with van der Waals surface area (Å²) in [5.41, 5.74) is 5.64. The standard InChI is InChI=1S/C16H23BN2O4/c1-10(14(18)21)11(2)19-9-12(7-8-13(19)20)17-22-15(3,4)16(5,6)23-17/h7-9H,1-6H3,(H2,18,21). The monoisotopic (exact) mass is 318 g/mol. The van der Waals surface area contributed by atoms with E-state index in [-0.39, 0.29) is 5.56 Å². The smallest absolute Gasteiger partial charge is 0.399 e. The molecule has 1 aliphatic rings.